The molecule has 0 spiro atoms. The van der Waals surface area contributed by atoms with Crippen molar-refractivity contribution < 1.29 is 4.79 Å². The van der Waals surface area contributed by atoms with E-state index in [1.54, 1.807) is 11.3 Å². The molecule has 0 aliphatic heterocycles. The molecule has 0 bridgehead atoms. The van der Waals surface area contributed by atoms with Crippen LogP contribution >= 0.6 is 23.1 Å². The van der Waals surface area contributed by atoms with Gasteiger partial charge in [-0.3, -0.25) is 14.2 Å². The molecule has 5 rings (SSSR count). The molecule has 32 heavy (non-hydrogen) atoms. The maximum Gasteiger partial charge on any atom is 0.263 e. The second-order valence-electron chi connectivity index (χ2n) is 9.07. The second kappa shape index (κ2) is 9.14. The van der Waals surface area contributed by atoms with Crippen LogP contribution in [0.5, 0.6) is 0 Å². The standard InChI is InChI=1S/C26H30N2O2S2/c1-3-17-12-14-18(15-13-17)23(29)16(2)31-26-27-24-22(20-10-6-7-11-21(20)32-24)25(30)28(26)19-8-4-5-9-19/h12-16,19H,3-11H2,1-2H3. The first-order chi connectivity index (χ1) is 15.6. The second-order valence-corrected chi connectivity index (χ2v) is 11.5. The first kappa shape index (κ1) is 21.9. The molecule has 0 radical (unpaired) electrons. The summed E-state index contributed by atoms with van der Waals surface area (Å²) in [6, 6.07) is 8.10. The molecule has 2 aliphatic carbocycles. The van der Waals surface area contributed by atoms with Gasteiger partial charge in [-0.05, 0) is 63.0 Å². The van der Waals surface area contributed by atoms with Crippen molar-refractivity contribution in [2.24, 2.45) is 0 Å². The molecule has 2 aliphatic rings. The summed E-state index contributed by atoms with van der Waals surface area (Å²) >= 11 is 3.15. The summed E-state index contributed by atoms with van der Waals surface area (Å²) in [5, 5.41) is 1.28. The van der Waals surface area contributed by atoms with E-state index >= 15 is 0 Å². The molecule has 0 saturated heterocycles. The summed E-state index contributed by atoms with van der Waals surface area (Å²) < 4.78 is 1.95. The molecule has 168 valence electrons. The highest BCUT2D eigenvalue weighted by atomic mass is 32.2. The highest BCUT2D eigenvalue weighted by molar-refractivity contribution is 8.00. The lowest BCUT2D eigenvalue weighted by Gasteiger charge is -2.20. The predicted octanol–water partition coefficient (Wildman–Crippen LogP) is 6.38. The number of rotatable bonds is 6. The van der Waals surface area contributed by atoms with E-state index in [9.17, 15) is 9.59 Å². The van der Waals surface area contributed by atoms with Crippen LogP contribution in [0.2, 0.25) is 0 Å². The van der Waals surface area contributed by atoms with Crippen molar-refractivity contribution in [1.82, 2.24) is 9.55 Å². The van der Waals surface area contributed by atoms with Gasteiger partial charge < -0.3 is 0 Å². The van der Waals surface area contributed by atoms with Gasteiger partial charge in [0.1, 0.15) is 4.83 Å². The van der Waals surface area contributed by atoms with Crippen molar-refractivity contribution in [3.05, 3.63) is 56.2 Å². The van der Waals surface area contributed by atoms with E-state index < -0.39 is 0 Å². The van der Waals surface area contributed by atoms with Gasteiger partial charge in [0.25, 0.3) is 5.56 Å². The van der Waals surface area contributed by atoms with Crippen LogP contribution in [0.1, 0.15) is 84.8 Å². The summed E-state index contributed by atoms with van der Waals surface area (Å²) in [7, 11) is 0. The highest BCUT2D eigenvalue weighted by Gasteiger charge is 2.28. The maximum absolute atomic E-state index is 13.8. The van der Waals surface area contributed by atoms with Crippen LogP contribution in [0.3, 0.4) is 0 Å². The number of fused-ring (bicyclic) bond motifs is 3. The SMILES string of the molecule is CCc1ccc(C(=O)C(C)Sc2nc3sc4c(c3c(=O)n2C2CCCC2)CCCC4)cc1. The molecular formula is C26H30N2O2S2. The minimum Gasteiger partial charge on any atom is -0.293 e. The number of Topliss-reactive ketones (excluding diaryl/α,β-unsaturated/α-hetero) is 1. The molecule has 0 amide bonds. The Kier molecular flexibility index (Phi) is 6.26. The molecule has 4 nitrogen and oxygen atoms in total. The minimum absolute atomic E-state index is 0.0930. The Morgan fingerprint density at radius 2 is 1.88 bits per heavy atom. The Morgan fingerprint density at radius 3 is 2.59 bits per heavy atom. The Balaban J connectivity index is 1.53. The lowest BCUT2D eigenvalue weighted by Crippen LogP contribution is -2.28. The Bertz CT molecular complexity index is 1200. The normalized spacial score (nSPS) is 17.6. The molecule has 1 saturated carbocycles. The van der Waals surface area contributed by atoms with Crippen LogP contribution in [-0.4, -0.2) is 20.6 Å². The number of aromatic nitrogens is 2. The highest BCUT2D eigenvalue weighted by Crippen LogP contribution is 2.38. The number of benzene rings is 1. The van der Waals surface area contributed by atoms with E-state index in [2.05, 4.69) is 6.92 Å². The summed E-state index contributed by atoms with van der Waals surface area (Å²) in [6.07, 6.45) is 9.71. The van der Waals surface area contributed by atoms with Crippen LogP contribution in [0, 0.1) is 0 Å². The van der Waals surface area contributed by atoms with E-state index in [0.717, 1.165) is 72.3 Å². The summed E-state index contributed by atoms with van der Waals surface area (Å²) in [5.41, 5.74) is 3.32. The molecule has 0 N–H and O–H groups in total. The summed E-state index contributed by atoms with van der Waals surface area (Å²) in [5.74, 6) is 0.0930. The van der Waals surface area contributed by atoms with Crippen LogP contribution in [0.15, 0.2) is 34.2 Å². The zero-order valence-corrected chi connectivity index (χ0v) is 20.5. The number of hydrogen-bond acceptors (Lipinski definition) is 5. The van der Waals surface area contributed by atoms with Crippen molar-refractivity contribution in [1.29, 1.82) is 0 Å². The van der Waals surface area contributed by atoms with Crippen molar-refractivity contribution >= 4 is 39.1 Å². The van der Waals surface area contributed by atoms with Gasteiger partial charge in [-0.2, -0.15) is 0 Å². The molecule has 1 aromatic carbocycles. The average molecular weight is 467 g/mol. The van der Waals surface area contributed by atoms with Gasteiger partial charge in [-0.25, -0.2) is 4.98 Å². The van der Waals surface area contributed by atoms with E-state index in [0.29, 0.717) is 0 Å². The monoisotopic (exact) mass is 466 g/mol. The quantitative estimate of drug-likeness (QED) is 0.240. The number of ketones is 1. The predicted molar refractivity (Wildman–Crippen MR) is 133 cm³/mol. The van der Waals surface area contributed by atoms with Crippen LogP contribution < -0.4 is 5.56 Å². The van der Waals surface area contributed by atoms with Gasteiger partial charge in [0, 0.05) is 16.5 Å². The van der Waals surface area contributed by atoms with Gasteiger partial charge >= 0.3 is 0 Å². The number of thiophene rings is 1. The number of hydrogen-bond donors (Lipinski definition) is 0. The Morgan fingerprint density at radius 1 is 1.16 bits per heavy atom. The number of carbonyl (C=O) groups excluding carboxylic acids is 1. The average Bonchev–Trinajstić information content (AvgIpc) is 3.46. The first-order valence-corrected chi connectivity index (χ1v) is 13.6. The third-order valence-electron chi connectivity index (χ3n) is 6.98. The third-order valence-corrected chi connectivity index (χ3v) is 9.23. The zero-order valence-electron chi connectivity index (χ0n) is 18.9. The van der Waals surface area contributed by atoms with E-state index in [4.69, 9.17) is 4.98 Å². The molecule has 3 aromatic rings. The van der Waals surface area contributed by atoms with Gasteiger partial charge in [-0.1, -0.05) is 55.8 Å². The lowest BCUT2D eigenvalue weighted by atomic mass is 9.97. The van der Waals surface area contributed by atoms with Crippen LogP contribution in [0.25, 0.3) is 10.2 Å². The maximum atomic E-state index is 13.8. The summed E-state index contributed by atoms with van der Waals surface area (Å²) in [4.78, 5) is 34.2. The van der Waals surface area contributed by atoms with Gasteiger partial charge in [-0.15, -0.1) is 11.3 Å². The number of nitrogens with zero attached hydrogens (tertiary/aromatic N) is 2. The molecule has 2 aromatic heterocycles. The van der Waals surface area contributed by atoms with Crippen molar-refractivity contribution in [2.45, 2.75) is 88.1 Å². The minimum atomic E-state index is -0.297. The number of thioether (sulfide) groups is 1. The third kappa shape index (κ3) is 3.96. The van der Waals surface area contributed by atoms with Gasteiger partial charge in [0.15, 0.2) is 10.9 Å². The van der Waals surface area contributed by atoms with Crippen molar-refractivity contribution in [3.8, 4) is 0 Å². The van der Waals surface area contributed by atoms with Gasteiger partial charge in [0.05, 0.1) is 10.6 Å². The van der Waals surface area contributed by atoms with Crippen LogP contribution in [0.4, 0.5) is 0 Å². The van der Waals surface area contributed by atoms with Crippen LogP contribution in [-0.2, 0) is 19.3 Å². The van der Waals surface area contributed by atoms with Crippen molar-refractivity contribution in [3.63, 3.8) is 0 Å². The summed E-state index contributed by atoms with van der Waals surface area (Å²) in [6.45, 7) is 4.05. The zero-order chi connectivity index (χ0) is 22.2. The molecule has 1 atom stereocenters. The fourth-order valence-corrected chi connectivity index (χ4v) is 7.48. The topological polar surface area (TPSA) is 52.0 Å². The molecule has 6 heteroatoms. The first-order valence-electron chi connectivity index (χ1n) is 11.9. The van der Waals surface area contributed by atoms with E-state index in [1.165, 1.54) is 34.2 Å². The Labute approximate surface area is 197 Å². The van der Waals surface area contributed by atoms with Gasteiger partial charge in [0.2, 0.25) is 0 Å². The smallest absolute Gasteiger partial charge is 0.263 e. The van der Waals surface area contributed by atoms with E-state index in [-0.39, 0.29) is 22.6 Å². The molecular weight excluding hydrogens is 436 g/mol. The Hall–Kier alpha value is -1.92. The fourth-order valence-electron chi connectivity index (χ4n) is 5.12. The number of carbonyl (C=O) groups is 1. The largest absolute Gasteiger partial charge is 0.293 e. The molecule has 1 fully saturated rings. The molecule has 2 heterocycles. The van der Waals surface area contributed by atoms with E-state index in [1.807, 2.05) is 35.8 Å². The van der Waals surface area contributed by atoms with Crippen molar-refractivity contribution in [2.75, 3.05) is 0 Å². The molecule has 1 unspecified atom stereocenters. The lowest BCUT2D eigenvalue weighted by molar-refractivity contribution is 0.0993. The number of aryl methyl sites for hydroxylation is 3. The fraction of sp³-hybridized carbons (Fsp3) is 0.500.